The summed E-state index contributed by atoms with van der Waals surface area (Å²) in [4.78, 5) is 39.3. The Morgan fingerprint density at radius 1 is 1.15 bits per heavy atom. The van der Waals surface area contributed by atoms with E-state index in [1.807, 2.05) is 32.6 Å². The Kier molecular flexibility index (Phi) is 9.17. The van der Waals surface area contributed by atoms with Gasteiger partial charge in [-0.2, -0.15) is 4.98 Å². The Labute approximate surface area is 267 Å². The number of aromatic nitrogens is 3. The molecule has 1 aliphatic rings. The smallest absolute Gasteiger partial charge is 0.410 e. The van der Waals surface area contributed by atoms with Crippen LogP contribution in [0, 0.1) is 18.6 Å². The van der Waals surface area contributed by atoms with Crippen LogP contribution >= 0.6 is 0 Å². The predicted octanol–water partition coefficient (Wildman–Crippen LogP) is 6.14. The van der Waals surface area contributed by atoms with Crippen molar-refractivity contribution in [3.05, 3.63) is 81.5 Å². The number of pyridine rings is 1. The first-order valence-electron chi connectivity index (χ1n) is 15.6. The summed E-state index contributed by atoms with van der Waals surface area (Å²) in [5.74, 6) is -1.73. The van der Waals surface area contributed by atoms with E-state index in [-0.39, 0.29) is 72.5 Å². The van der Waals surface area contributed by atoms with Gasteiger partial charge in [-0.15, -0.1) is 0 Å². The fourth-order valence-electron chi connectivity index (χ4n) is 6.12. The van der Waals surface area contributed by atoms with Crippen molar-refractivity contribution < 1.29 is 23.4 Å². The number of aliphatic hydroxyl groups is 1. The van der Waals surface area contributed by atoms with E-state index >= 15 is 8.78 Å². The van der Waals surface area contributed by atoms with E-state index < -0.39 is 29.0 Å². The molecule has 0 radical (unpaired) electrons. The van der Waals surface area contributed by atoms with Crippen molar-refractivity contribution in [3.8, 4) is 16.8 Å². The summed E-state index contributed by atoms with van der Waals surface area (Å²) >= 11 is 0. The predicted molar refractivity (Wildman–Crippen MR) is 175 cm³/mol. The summed E-state index contributed by atoms with van der Waals surface area (Å²) in [6.45, 7) is 13.5. The maximum absolute atomic E-state index is 17.2. The zero-order valence-electron chi connectivity index (χ0n) is 27.4. The number of amides is 1. The molecule has 4 aromatic rings. The highest BCUT2D eigenvalue weighted by Gasteiger charge is 2.34. The Morgan fingerprint density at radius 2 is 1.87 bits per heavy atom. The number of rotatable bonds is 6. The quantitative estimate of drug-likeness (QED) is 0.272. The Hall–Kier alpha value is -4.38. The summed E-state index contributed by atoms with van der Waals surface area (Å²) < 4.78 is 40.2. The molecule has 2 aromatic carbocycles. The molecule has 1 saturated heterocycles. The highest BCUT2D eigenvalue weighted by molar-refractivity contribution is 5.95. The van der Waals surface area contributed by atoms with Crippen LogP contribution in [0.4, 0.5) is 19.4 Å². The minimum absolute atomic E-state index is 0.119. The van der Waals surface area contributed by atoms with E-state index in [0.29, 0.717) is 22.5 Å². The maximum atomic E-state index is 17.2. The molecule has 3 heterocycles. The van der Waals surface area contributed by atoms with Crippen LogP contribution in [0.25, 0.3) is 27.7 Å². The van der Waals surface area contributed by atoms with Gasteiger partial charge in [0, 0.05) is 43.9 Å². The maximum Gasteiger partial charge on any atom is 0.410 e. The third kappa shape index (κ3) is 6.20. The van der Waals surface area contributed by atoms with Gasteiger partial charge >= 0.3 is 11.8 Å². The first-order chi connectivity index (χ1) is 21.7. The number of benzene rings is 2. The van der Waals surface area contributed by atoms with Crippen molar-refractivity contribution in [2.45, 2.75) is 72.4 Å². The number of aryl methyl sites for hydroxylation is 1. The standard InChI is InChI=1S/C35H41F2N5O4/c1-20(2)29-30(21(3)12-14-38-29)42-31-25(18-26(36)27(28(31)37)24-11-9-8-10-23(24)13-17-43)32(39-33(42)44)41-16-15-40(19-22(41)4)34(45)46-35(5,6)7/h8-12,14,18,20,22,43H,13,15-17,19H2,1-7H3/t22-/m0/s1. The van der Waals surface area contributed by atoms with Crippen LogP contribution in [0.3, 0.4) is 0 Å². The summed E-state index contributed by atoms with van der Waals surface area (Å²) in [5.41, 5.74) is 0.695. The highest BCUT2D eigenvalue weighted by Crippen LogP contribution is 2.39. The fourth-order valence-corrected chi connectivity index (χ4v) is 6.12. The average Bonchev–Trinajstić information content (AvgIpc) is 2.97. The summed E-state index contributed by atoms with van der Waals surface area (Å²) in [6, 6.07) is 9.37. The molecule has 0 unspecified atom stereocenters. The molecule has 1 fully saturated rings. The number of nitrogens with zero attached hydrogens (tertiary/aromatic N) is 5. The molecule has 1 atom stereocenters. The number of hydrogen-bond donors (Lipinski definition) is 1. The van der Waals surface area contributed by atoms with E-state index in [1.165, 1.54) is 10.6 Å². The fraction of sp³-hybridized carbons (Fsp3) is 0.429. The minimum atomic E-state index is -0.917. The van der Waals surface area contributed by atoms with Gasteiger partial charge in [-0.1, -0.05) is 38.1 Å². The summed E-state index contributed by atoms with van der Waals surface area (Å²) in [7, 11) is 0. The van der Waals surface area contributed by atoms with E-state index in [9.17, 15) is 14.7 Å². The molecule has 46 heavy (non-hydrogen) atoms. The number of piperazine rings is 1. The van der Waals surface area contributed by atoms with Crippen molar-refractivity contribution >= 4 is 22.8 Å². The number of aliphatic hydroxyl groups excluding tert-OH is 1. The van der Waals surface area contributed by atoms with Crippen molar-refractivity contribution in [1.29, 1.82) is 0 Å². The number of carbonyl (C=O) groups is 1. The Bertz CT molecular complexity index is 1850. The van der Waals surface area contributed by atoms with Gasteiger partial charge in [-0.3, -0.25) is 9.55 Å². The summed E-state index contributed by atoms with van der Waals surface area (Å²) in [6.07, 6.45) is 1.38. The second kappa shape index (κ2) is 12.8. The van der Waals surface area contributed by atoms with Gasteiger partial charge in [0.1, 0.15) is 17.2 Å². The first kappa shape index (κ1) is 33.0. The largest absolute Gasteiger partial charge is 0.444 e. The molecule has 11 heteroatoms. The number of ether oxygens (including phenoxy) is 1. The first-order valence-corrected chi connectivity index (χ1v) is 15.6. The molecular weight excluding hydrogens is 592 g/mol. The third-order valence-corrected chi connectivity index (χ3v) is 8.19. The van der Waals surface area contributed by atoms with Crippen LogP contribution in [0.15, 0.2) is 47.4 Å². The van der Waals surface area contributed by atoms with Gasteiger partial charge in [0.15, 0.2) is 5.82 Å². The number of anilines is 1. The molecule has 1 N–H and O–H groups in total. The number of fused-ring (bicyclic) bond motifs is 1. The second-order valence-corrected chi connectivity index (χ2v) is 13.1. The van der Waals surface area contributed by atoms with Gasteiger partial charge in [0.2, 0.25) is 0 Å². The molecular formula is C35H41F2N5O4. The van der Waals surface area contributed by atoms with Gasteiger partial charge in [-0.25, -0.2) is 18.4 Å². The monoisotopic (exact) mass is 633 g/mol. The SMILES string of the molecule is Cc1ccnc(C(C)C)c1-n1c(=O)nc(N2CCN(C(=O)OC(C)(C)C)C[C@@H]2C)c2cc(F)c(-c3ccccc3CCO)c(F)c21. The van der Waals surface area contributed by atoms with E-state index in [4.69, 9.17) is 4.74 Å². The third-order valence-electron chi connectivity index (χ3n) is 8.19. The normalized spacial score (nSPS) is 15.6. The zero-order valence-corrected chi connectivity index (χ0v) is 27.4. The van der Waals surface area contributed by atoms with Crippen molar-refractivity contribution in [2.75, 3.05) is 31.1 Å². The Balaban J connectivity index is 1.78. The molecule has 1 aliphatic heterocycles. The molecule has 0 bridgehead atoms. The van der Waals surface area contributed by atoms with Gasteiger partial charge in [0.05, 0.1) is 22.5 Å². The lowest BCUT2D eigenvalue weighted by Crippen LogP contribution is -2.55. The molecule has 2 aromatic heterocycles. The molecule has 0 saturated carbocycles. The lowest BCUT2D eigenvalue weighted by Gasteiger charge is -2.41. The van der Waals surface area contributed by atoms with Crippen molar-refractivity contribution in [3.63, 3.8) is 0 Å². The lowest BCUT2D eigenvalue weighted by molar-refractivity contribution is 0.0218. The van der Waals surface area contributed by atoms with Gasteiger partial charge in [-0.05, 0) is 75.8 Å². The van der Waals surface area contributed by atoms with Crippen LogP contribution in [0.2, 0.25) is 0 Å². The van der Waals surface area contributed by atoms with Gasteiger partial charge in [0.25, 0.3) is 0 Å². The molecule has 0 spiro atoms. The minimum Gasteiger partial charge on any atom is -0.444 e. The molecule has 0 aliphatic carbocycles. The topological polar surface area (TPSA) is 101 Å². The lowest BCUT2D eigenvalue weighted by atomic mass is 9.95. The van der Waals surface area contributed by atoms with Crippen LogP contribution < -0.4 is 10.6 Å². The van der Waals surface area contributed by atoms with E-state index in [0.717, 1.165) is 0 Å². The number of hydrogen-bond acceptors (Lipinski definition) is 7. The van der Waals surface area contributed by atoms with Crippen LogP contribution in [-0.4, -0.2) is 68.5 Å². The average molecular weight is 634 g/mol. The molecule has 244 valence electrons. The highest BCUT2D eigenvalue weighted by atomic mass is 19.1. The van der Waals surface area contributed by atoms with Crippen LogP contribution in [0.5, 0.6) is 0 Å². The van der Waals surface area contributed by atoms with E-state index in [1.54, 1.807) is 62.2 Å². The van der Waals surface area contributed by atoms with Crippen molar-refractivity contribution in [1.82, 2.24) is 19.4 Å². The van der Waals surface area contributed by atoms with Crippen LogP contribution in [-0.2, 0) is 11.2 Å². The number of carbonyl (C=O) groups excluding carboxylic acids is 1. The van der Waals surface area contributed by atoms with E-state index in [2.05, 4.69) is 9.97 Å². The second-order valence-electron chi connectivity index (χ2n) is 13.1. The van der Waals surface area contributed by atoms with Crippen LogP contribution in [0.1, 0.15) is 64.3 Å². The molecule has 9 nitrogen and oxygen atoms in total. The number of halogens is 2. The Morgan fingerprint density at radius 3 is 2.52 bits per heavy atom. The summed E-state index contributed by atoms with van der Waals surface area (Å²) in [5, 5.41) is 9.79. The molecule has 1 amide bonds. The molecule has 5 rings (SSSR count). The van der Waals surface area contributed by atoms with Gasteiger partial charge < -0.3 is 19.6 Å². The zero-order chi connectivity index (χ0) is 33.5. The van der Waals surface area contributed by atoms with Crippen molar-refractivity contribution in [2.24, 2.45) is 0 Å².